The number of nitriles is 1. The Morgan fingerprint density at radius 1 is 1.03 bits per heavy atom. The standard InChI is InChI=1S/C26H22ClF3N2O3/c1-24(2,16-31)25(23(33)34,32-22-12-11-18(14-21(22)27)26(28,29)30)15-17-7-6-10-20(13-17)35-19-8-4-3-5-9-19/h3-14,32H,15H2,1-2H3,(H,33,34)/t25-/m0/s1. The molecule has 3 aromatic carbocycles. The lowest BCUT2D eigenvalue weighted by molar-refractivity contribution is -0.145. The van der Waals surface area contributed by atoms with Crippen LogP contribution in [0.3, 0.4) is 0 Å². The van der Waals surface area contributed by atoms with Gasteiger partial charge in [0.1, 0.15) is 11.5 Å². The second-order valence-corrected chi connectivity index (χ2v) is 8.91. The predicted octanol–water partition coefficient (Wildman–Crippen LogP) is 7.18. The molecule has 0 aromatic heterocycles. The monoisotopic (exact) mass is 502 g/mol. The van der Waals surface area contributed by atoms with Crippen molar-refractivity contribution in [3.8, 4) is 17.6 Å². The van der Waals surface area contributed by atoms with Gasteiger partial charge in [-0.25, -0.2) is 4.79 Å². The van der Waals surface area contributed by atoms with E-state index in [1.165, 1.54) is 13.8 Å². The van der Waals surface area contributed by atoms with Gasteiger partial charge in [-0.05, 0) is 61.9 Å². The van der Waals surface area contributed by atoms with E-state index in [0.29, 0.717) is 23.1 Å². The summed E-state index contributed by atoms with van der Waals surface area (Å²) in [6.45, 7) is 2.88. The number of carboxylic acids is 1. The van der Waals surface area contributed by atoms with Gasteiger partial charge in [-0.3, -0.25) is 0 Å². The molecule has 5 nitrogen and oxygen atoms in total. The van der Waals surface area contributed by atoms with E-state index < -0.39 is 28.7 Å². The first kappa shape index (κ1) is 25.9. The summed E-state index contributed by atoms with van der Waals surface area (Å²) in [4.78, 5) is 12.7. The third kappa shape index (κ3) is 5.69. The molecule has 0 bridgehead atoms. The number of para-hydroxylation sites is 1. The van der Waals surface area contributed by atoms with Crippen molar-refractivity contribution in [3.63, 3.8) is 0 Å². The molecular weight excluding hydrogens is 481 g/mol. The molecule has 0 amide bonds. The van der Waals surface area contributed by atoms with Crippen LogP contribution in [0.4, 0.5) is 18.9 Å². The van der Waals surface area contributed by atoms with E-state index in [-0.39, 0.29) is 17.1 Å². The highest BCUT2D eigenvalue weighted by Gasteiger charge is 2.52. The van der Waals surface area contributed by atoms with Crippen LogP contribution in [0.25, 0.3) is 0 Å². The van der Waals surface area contributed by atoms with Crippen LogP contribution >= 0.6 is 11.6 Å². The van der Waals surface area contributed by atoms with Crippen LogP contribution in [0.1, 0.15) is 25.0 Å². The van der Waals surface area contributed by atoms with Crippen molar-refractivity contribution >= 4 is 23.3 Å². The Morgan fingerprint density at radius 2 is 1.69 bits per heavy atom. The molecule has 0 unspecified atom stereocenters. The molecule has 0 saturated heterocycles. The number of anilines is 1. The van der Waals surface area contributed by atoms with E-state index in [1.807, 2.05) is 24.3 Å². The molecule has 3 rings (SSSR count). The number of ether oxygens (including phenoxy) is 1. The van der Waals surface area contributed by atoms with E-state index in [4.69, 9.17) is 16.3 Å². The molecule has 0 saturated carbocycles. The molecule has 35 heavy (non-hydrogen) atoms. The summed E-state index contributed by atoms with van der Waals surface area (Å²) in [6.07, 6.45) is -4.80. The van der Waals surface area contributed by atoms with Crippen molar-refractivity contribution in [1.82, 2.24) is 0 Å². The smallest absolute Gasteiger partial charge is 0.416 e. The van der Waals surface area contributed by atoms with E-state index in [2.05, 4.69) is 5.32 Å². The summed E-state index contributed by atoms with van der Waals surface area (Å²) >= 11 is 6.10. The highest BCUT2D eigenvalue weighted by atomic mass is 35.5. The van der Waals surface area contributed by atoms with Gasteiger partial charge in [-0.15, -0.1) is 0 Å². The maximum Gasteiger partial charge on any atom is 0.416 e. The Morgan fingerprint density at radius 3 is 2.26 bits per heavy atom. The van der Waals surface area contributed by atoms with Crippen molar-refractivity contribution in [2.75, 3.05) is 5.32 Å². The van der Waals surface area contributed by atoms with E-state index in [9.17, 15) is 28.3 Å². The van der Waals surface area contributed by atoms with Crippen molar-refractivity contribution in [3.05, 3.63) is 88.9 Å². The number of hydrogen-bond donors (Lipinski definition) is 2. The lowest BCUT2D eigenvalue weighted by Crippen LogP contribution is -2.58. The van der Waals surface area contributed by atoms with Crippen LogP contribution in [-0.4, -0.2) is 16.6 Å². The molecule has 0 aliphatic rings. The summed E-state index contributed by atoms with van der Waals surface area (Å²) in [5, 5.41) is 22.6. The maximum absolute atomic E-state index is 13.1. The van der Waals surface area contributed by atoms with Gasteiger partial charge in [0.2, 0.25) is 0 Å². The molecule has 182 valence electrons. The molecule has 3 aromatic rings. The number of rotatable bonds is 8. The minimum Gasteiger partial charge on any atom is -0.479 e. The molecule has 0 aliphatic heterocycles. The van der Waals surface area contributed by atoms with Gasteiger partial charge >= 0.3 is 12.1 Å². The lowest BCUT2D eigenvalue weighted by atomic mass is 9.69. The van der Waals surface area contributed by atoms with Crippen LogP contribution < -0.4 is 10.1 Å². The summed E-state index contributed by atoms with van der Waals surface area (Å²) in [7, 11) is 0. The zero-order valence-corrected chi connectivity index (χ0v) is 19.6. The zero-order chi connectivity index (χ0) is 25.9. The van der Waals surface area contributed by atoms with Crippen LogP contribution in [-0.2, 0) is 17.4 Å². The number of carbonyl (C=O) groups is 1. The molecule has 0 aliphatic carbocycles. The Hall–Kier alpha value is -3.70. The highest BCUT2D eigenvalue weighted by Crippen LogP contribution is 2.41. The Bertz CT molecular complexity index is 1260. The van der Waals surface area contributed by atoms with Gasteiger partial charge in [0, 0.05) is 6.42 Å². The number of carboxylic acid groups (broad SMARTS) is 1. The minimum absolute atomic E-state index is 0.0397. The maximum atomic E-state index is 13.1. The number of nitrogens with one attached hydrogen (secondary N) is 1. The summed E-state index contributed by atoms with van der Waals surface area (Å²) in [5.74, 6) is -0.328. The first-order valence-electron chi connectivity index (χ1n) is 10.5. The van der Waals surface area contributed by atoms with E-state index >= 15 is 0 Å². The van der Waals surface area contributed by atoms with Crippen LogP contribution in [0.15, 0.2) is 72.8 Å². The minimum atomic E-state index is -4.61. The summed E-state index contributed by atoms with van der Waals surface area (Å²) in [5.41, 5.74) is -3.95. The fourth-order valence-electron chi connectivity index (χ4n) is 3.59. The second-order valence-electron chi connectivity index (χ2n) is 8.50. The van der Waals surface area contributed by atoms with Gasteiger partial charge < -0.3 is 15.2 Å². The fraction of sp³-hybridized carbons (Fsp3) is 0.231. The predicted molar refractivity (Wildman–Crippen MR) is 126 cm³/mol. The average molecular weight is 503 g/mol. The van der Waals surface area contributed by atoms with Crippen LogP contribution in [0.2, 0.25) is 5.02 Å². The highest BCUT2D eigenvalue weighted by molar-refractivity contribution is 6.33. The first-order valence-corrected chi connectivity index (χ1v) is 10.9. The molecule has 2 N–H and O–H groups in total. The van der Waals surface area contributed by atoms with Gasteiger partial charge in [-0.1, -0.05) is 41.9 Å². The number of alkyl halides is 3. The number of nitrogens with zero attached hydrogens (tertiary/aromatic N) is 1. The van der Waals surface area contributed by atoms with Crippen LogP contribution in [0, 0.1) is 16.7 Å². The first-order chi connectivity index (χ1) is 16.4. The number of hydrogen-bond acceptors (Lipinski definition) is 4. The SMILES string of the molecule is CC(C)(C#N)[C@@](Cc1cccc(Oc2ccccc2)c1)(Nc1ccc(C(F)(F)F)cc1Cl)C(=O)O. The Balaban J connectivity index is 2.02. The summed E-state index contributed by atoms with van der Waals surface area (Å²) in [6, 6.07) is 20.3. The van der Waals surface area contributed by atoms with Crippen molar-refractivity contribution in [2.45, 2.75) is 32.0 Å². The van der Waals surface area contributed by atoms with Crippen molar-refractivity contribution < 1.29 is 27.8 Å². The van der Waals surface area contributed by atoms with Gasteiger partial charge in [0.25, 0.3) is 0 Å². The lowest BCUT2D eigenvalue weighted by Gasteiger charge is -2.40. The molecule has 0 radical (unpaired) electrons. The van der Waals surface area contributed by atoms with E-state index in [1.54, 1.807) is 36.4 Å². The molecular formula is C26H22ClF3N2O3. The third-order valence-electron chi connectivity index (χ3n) is 5.70. The number of aliphatic carboxylic acids is 1. The quantitative estimate of drug-likeness (QED) is 0.341. The average Bonchev–Trinajstić information content (AvgIpc) is 2.79. The molecule has 0 heterocycles. The van der Waals surface area contributed by atoms with Gasteiger partial charge in [0.05, 0.1) is 27.8 Å². The van der Waals surface area contributed by atoms with Crippen molar-refractivity contribution in [2.24, 2.45) is 5.41 Å². The van der Waals surface area contributed by atoms with Crippen molar-refractivity contribution in [1.29, 1.82) is 5.26 Å². The fourth-order valence-corrected chi connectivity index (χ4v) is 3.81. The molecule has 0 spiro atoms. The Labute approximate surface area is 205 Å². The second kappa shape index (κ2) is 9.88. The third-order valence-corrected chi connectivity index (χ3v) is 6.02. The molecule has 0 fully saturated rings. The zero-order valence-electron chi connectivity index (χ0n) is 18.9. The van der Waals surface area contributed by atoms with E-state index in [0.717, 1.165) is 12.1 Å². The van der Waals surface area contributed by atoms with Gasteiger partial charge in [-0.2, -0.15) is 18.4 Å². The number of benzene rings is 3. The summed E-state index contributed by atoms with van der Waals surface area (Å²) < 4.78 is 45.0. The normalized spacial score (nSPS) is 13.4. The van der Waals surface area contributed by atoms with Gasteiger partial charge in [0.15, 0.2) is 5.54 Å². The van der Waals surface area contributed by atoms with Crippen LogP contribution in [0.5, 0.6) is 11.5 Å². The molecule has 1 atom stereocenters. The molecule has 9 heteroatoms. The number of halogens is 4. The Kier molecular flexibility index (Phi) is 7.32. The largest absolute Gasteiger partial charge is 0.479 e. The topological polar surface area (TPSA) is 82.3 Å².